The van der Waals surface area contributed by atoms with Gasteiger partial charge in [0, 0.05) is 6.54 Å². The van der Waals surface area contributed by atoms with E-state index in [0.717, 1.165) is 18.7 Å². The van der Waals surface area contributed by atoms with E-state index in [1.807, 2.05) is 6.07 Å². The van der Waals surface area contributed by atoms with Gasteiger partial charge in [0.05, 0.1) is 34.5 Å². The van der Waals surface area contributed by atoms with Crippen molar-refractivity contribution in [1.82, 2.24) is 4.98 Å². The second-order valence-electron chi connectivity index (χ2n) is 4.11. The van der Waals surface area contributed by atoms with Crippen molar-refractivity contribution >= 4 is 28.7 Å². The minimum Gasteiger partial charge on any atom is -0.384 e. The number of nitrogens with zero attached hydrogens (tertiary/aromatic N) is 1. The molecule has 0 aliphatic heterocycles. The van der Waals surface area contributed by atoms with Gasteiger partial charge in [-0.05, 0) is 24.6 Å². The van der Waals surface area contributed by atoms with Crippen molar-refractivity contribution in [3.05, 3.63) is 47.5 Å². The van der Waals surface area contributed by atoms with Crippen LogP contribution in [0.2, 0.25) is 5.02 Å². The van der Waals surface area contributed by atoms with Crippen molar-refractivity contribution in [3.8, 4) is 0 Å². The van der Waals surface area contributed by atoms with Crippen LogP contribution in [0.15, 0.2) is 36.7 Å². The van der Waals surface area contributed by atoms with Gasteiger partial charge in [0.25, 0.3) is 0 Å². The fourth-order valence-electron chi connectivity index (χ4n) is 1.64. The Hall–Kier alpha value is -1.81. The standard InChI is InChI=1S/C14H15ClFN3/c1-2-6-18-10-7-11(9-17-8-10)19-14-12(15)4-3-5-13(14)16/h3-5,7-9,18-19H,2,6H2,1H3. The lowest BCUT2D eigenvalue weighted by Gasteiger charge is -2.11. The van der Waals surface area contributed by atoms with Gasteiger partial charge in [-0.2, -0.15) is 0 Å². The van der Waals surface area contributed by atoms with Crippen molar-refractivity contribution in [3.63, 3.8) is 0 Å². The molecule has 1 aromatic carbocycles. The van der Waals surface area contributed by atoms with E-state index in [9.17, 15) is 4.39 Å². The van der Waals surface area contributed by atoms with Crippen LogP contribution in [0.5, 0.6) is 0 Å². The van der Waals surface area contributed by atoms with Crippen molar-refractivity contribution in [2.45, 2.75) is 13.3 Å². The maximum atomic E-state index is 13.7. The van der Waals surface area contributed by atoms with Gasteiger partial charge in [-0.1, -0.05) is 24.6 Å². The maximum Gasteiger partial charge on any atom is 0.148 e. The van der Waals surface area contributed by atoms with E-state index in [1.54, 1.807) is 24.5 Å². The first-order valence-electron chi connectivity index (χ1n) is 6.10. The van der Waals surface area contributed by atoms with E-state index < -0.39 is 0 Å². The molecule has 100 valence electrons. The first kappa shape index (κ1) is 13.6. The number of hydrogen-bond donors (Lipinski definition) is 2. The minimum absolute atomic E-state index is 0.263. The molecule has 2 N–H and O–H groups in total. The van der Waals surface area contributed by atoms with Gasteiger partial charge >= 0.3 is 0 Å². The Morgan fingerprint density at radius 2 is 2.05 bits per heavy atom. The summed E-state index contributed by atoms with van der Waals surface area (Å²) in [7, 11) is 0. The van der Waals surface area contributed by atoms with Crippen LogP contribution in [-0.2, 0) is 0 Å². The molecule has 5 heteroatoms. The molecule has 0 amide bonds. The third-order valence-corrected chi connectivity index (χ3v) is 2.86. The second kappa shape index (κ2) is 6.38. The normalized spacial score (nSPS) is 10.3. The summed E-state index contributed by atoms with van der Waals surface area (Å²) in [6, 6.07) is 6.44. The molecular formula is C14H15ClFN3. The lowest BCUT2D eigenvalue weighted by Crippen LogP contribution is -2.01. The summed E-state index contributed by atoms with van der Waals surface area (Å²) >= 11 is 5.96. The Labute approximate surface area is 116 Å². The van der Waals surface area contributed by atoms with Gasteiger partial charge in [-0.25, -0.2) is 4.39 Å². The number of nitrogens with one attached hydrogen (secondary N) is 2. The third-order valence-electron chi connectivity index (χ3n) is 2.55. The van der Waals surface area contributed by atoms with Gasteiger partial charge < -0.3 is 10.6 Å². The topological polar surface area (TPSA) is 37.0 Å². The van der Waals surface area contributed by atoms with Crippen LogP contribution < -0.4 is 10.6 Å². The molecule has 2 rings (SSSR count). The number of hydrogen-bond acceptors (Lipinski definition) is 3. The molecule has 0 radical (unpaired) electrons. The van der Waals surface area contributed by atoms with Crippen LogP contribution in [0.3, 0.4) is 0 Å². The zero-order valence-corrected chi connectivity index (χ0v) is 11.3. The highest BCUT2D eigenvalue weighted by atomic mass is 35.5. The molecular weight excluding hydrogens is 265 g/mol. The van der Waals surface area contributed by atoms with E-state index in [0.29, 0.717) is 10.7 Å². The third kappa shape index (κ3) is 3.58. The summed E-state index contributed by atoms with van der Waals surface area (Å²) < 4.78 is 13.7. The van der Waals surface area contributed by atoms with Gasteiger partial charge in [0.15, 0.2) is 0 Å². The largest absolute Gasteiger partial charge is 0.384 e. The van der Waals surface area contributed by atoms with Crippen LogP contribution in [-0.4, -0.2) is 11.5 Å². The molecule has 3 nitrogen and oxygen atoms in total. The molecule has 0 unspecified atom stereocenters. The summed E-state index contributed by atoms with van der Waals surface area (Å²) in [5.74, 6) is -0.389. The molecule has 0 aliphatic carbocycles. The van der Waals surface area contributed by atoms with Crippen molar-refractivity contribution in [1.29, 1.82) is 0 Å². The molecule has 0 atom stereocenters. The molecule has 1 aromatic heterocycles. The quantitative estimate of drug-likeness (QED) is 0.849. The van der Waals surface area contributed by atoms with Crippen molar-refractivity contribution in [2.75, 3.05) is 17.2 Å². The van der Waals surface area contributed by atoms with E-state index in [1.165, 1.54) is 6.07 Å². The van der Waals surface area contributed by atoms with Crippen molar-refractivity contribution < 1.29 is 4.39 Å². The number of pyridine rings is 1. The predicted octanol–water partition coefficient (Wildman–Crippen LogP) is 4.44. The molecule has 0 bridgehead atoms. The molecule has 0 spiro atoms. The zero-order chi connectivity index (χ0) is 13.7. The average Bonchev–Trinajstić information content (AvgIpc) is 2.41. The van der Waals surface area contributed by atoms with Crippen LogP contribution in [0.1, 0.15) is 13.3 Å². The lowest BCUT2D eigenvalue weighted by atomic mass is 10.3. The summed E-state index contributed by atoms with van der Waals surface area (Å²) in [5.41, 5.74) is 1.84. The van der Waals surface area contributed by atoms with Crippen LogP contribution >= 0.6 is 11.6 Å². The fourth-order valence-corrected chi connectivity index (χ4v) is 1.85. The smallest absolute Gasteiger partial charge is 0.148 e. The first-order valence-corrected chi connectivity index (χ1v) is 6.48. The first-order chi connectivity index (χ1) is 9.20. The molecule has 2 aromatic rings. The summed E-state index contributed by atoms with van der Waals surface area (Å²) in [6.45, 7) is 2.95. The molecule has 19 heavy (non-hydrogen) atoms. The van der Waals surface area contributed by atoms with Crippen molar-refractivity contribution in [2.24, 2.45) is 0 Å². The van der Waals surface area contributed by atoms with Gasteiger partial charge in [0.1, 0.15) is 5.82 Å². The van der Waals surface area contributed by atoms with E-state index in [-0.39, 0.29) is 11.5 Å². The maximum absolute atomic E-state index is 13.7. The summed E-state index contributed by atoms with van der Waals surface area (Å²) in [4.78, 5) is 4.10. The van der Waals surface area contributed by atoms with Gasteiger partial charge in [-0.3, -0.25) is 4.98 Å². The number of halogens is 2. The Morgan fingerprint density at radius 3 is 2.79 bits per heavy atom. The van der Waals surface area contributed by atoms with Gasteiger partial charge in [-0.15, -0.1) is 0 Å². The van der Waals surface area contributed by atoms with Crippen LogP contribution in [0.25, 0.3) is 0 Å². The Morgan fingerprint density at radius 1 is 1.26 bits per heavy atom. The monoisotopic (exact) mass is 279 g/mol. The molecule has 0 fully saturated rings. The Kier molecular flexibility index (Phi) is 4.58. The number of rotatable bonds is 5. The van der Waals surface area contributed by atoms with E-state index in [2.05, 4.69) is 22.5 Å². The zero-order valence-electron chi connectivity index (χ0n) is 10.6. The highest BCUT2D eigenvalue weighted by molar-refractivity contribution is 6.33. The van der Waals surface area contributed by atoms with Crippen LogP contribution in [0, 0.1) is 5.82 Å². The summed E-state index contributed by atoms with van der Waals surface area (Å²) in [5, 5.41) is 6.51. The summed E-state index contributed by atoms with van der Waals surface area (Å²) in [6.07, 6.45) is 4.38. The fraction of sp³-hybridized carbons (Fsp3) is 0.214. The molecule has 1 heterocycles. The Balaban J connectivity index is 2.19. The number of para-hydroxylation sites is 1. The number of anilines is 3. The predicted molar refractivity (Wildman–Crippen MR) is 77.7 cm³/mol. The molecule has 0 aliphatic rings. The minimum atomic E-state index is -0.389. The van der Waals surface area contributed by atoms with Crippen LogP contribution in [0.4, 0.5) is 21.5 Å². The highest BCUT2D eigenvalue weighted by Gasteiger charge is 2.07. The second-order valence-corrected chi connectivity index (χ2v) is 4.52. The lowest BCUT2D eigenvalue weighted by molar-refractivity contribution is 0.632. The van der Waals surface area contributed by atoms with Gasteiger partial charge in [0.2, 0.25) is 0 Å². The number of benzene rings is 1. The average molecular weight is 280 g/mol. The molecule has 0 saturated carbocycles. The Bertz CT molecular complexity index is 540. The van der Waals surface area contributed by atoms with E-state index >= 15 is 0 Å². The number of aromatic nitrogens is 1. The van der Waals surface area contributed by atoms with E-state index in [4.69, 9.17) is 11.6 Å². The molecule has 0 saturated heterocycles. The SMILES string of the molecule is CCCNc1cncc(Nc2c(F)cccc2Cl)c1. The highest BCUT2D eigenvalue weighted by Crippen LogP contribution is 2.28.